The topological polar surface area (TPSA) is 99.4 Å². The maximum Gasteiger partial charge on any atom is 0.168 e. The van der Waals surface area contributed by atoms with Crippen LogP contribution in [0.4, 0.5) is 0 Å². The number of aliphatic hydroxyl groups is 4. The van der Waals surface area contributed by atoms with Crippen molar-refractivity contribution in [1.82, 2.24) is 0 Å². The van der Waals surface area contributed by atoms with Crippen LogP contribution in [0.25, 0.3) is 0 Å². The highest BCUT2D eigenvalue weighted by atomic mass is 32.2. The van der Waals surface area contributed by atoms with Gasteiger partial charge in [0, 0.05) is 5.56 Å². The third kappa shape index (κ3) is 3.46. The molecule has 2 aliphatic rings. The fourth-order valence-corrected chi connectivity index (χ4v) is 5.70. The minimum atomic E-state index is -1.40. The summed E-state index contributed by atoms with van der Waals surface area (Å²) >= 11 is 1.18. The molecule has 0 aliphatic carbocycles. The lowest BCUT2D eigenvalue weighted by molar-refractivity contribution is -0.147. The van der Waals surface area contributed by atoms with Crippen molar-refractivity contribution in [3.63, 3.8) is 0 Å². The molecule has 29 heavy (non-hydrogen) atoms. The molecule has 2 aromatic rings. The van der Waals surface area contributed by atoms with E-state index in [9.17, 15) is 20.4 Å². The van der Waals surface area contributed by atoms with Crippen molar-refractivity contribution in [1.29, 1.82) is 0 Å². The number of hydrogen-bond donors (Lipinski definition) is 4. The quantitative estimate of drug-likeness (QED) is 0.597. The Hall–Kier alpha value is -1.61. The second-order valence-electron chi connectivity index (χ2n) is 7.68. The fourth-order valence-electron chi connectivity index (χ4n) is 4.16. The fraction of sp³-hybridized carbons (Fsp3) is 0.455. The van der Waals surface area contributed by atoms with Crippen LogP contribution in [-0.4, -0.2) is 57.7 Å². The van der Waals surface area contributed by atoms with E-state index in [-0.39, 0.29) is 6.61 Å². The first-order chi connectivity index (χ1) is 13.9. The smallest absolute Gasteiger partial charge is 0.168 e. The zero-order chi connectivity index (χ0) is 20.8. The molecule has 2 aromatic carbocycles. The van der Waals surface area contributed by atoms with Gasteiger partial charge in [-0.1, -0.05) is 24.3 Å². The summed E-state index contributed by atoms with van der Waals surface area (Å²) in [5.41, 5.74) is 5.09. The van der Waals surface area contributed by atoms with Gasteiger partial charge in [0.25, 0.3) is 0 Å². The van der Waals surface area contributed by atoms with Gasteiger partial charge in [-0.3, -0.25) is 0 Å². The van der Waals surface area contributed by atoms with E-state index < -0.39 is 28.5 Å². The van der Waals surface area contributed by atoms with Gasteiger partial charge in [-0.25, -0.2) is 0 Å². The summed E-state index contributed by atoms with van der Waals surface area (Å²) < 4.78 is 11.2. The summed E-state index contributed by atoms with van der Waals surface area (Å²) in [6, 6.07) is 12.0. The molecule has 0 amide bonds. The van der Waals surface area contributed by atoms with Crippen LogP contribution in [-0.2, 0) is 22.7 Å². The molecule has 4 N–H and O–H groups in total. The molecule has 0 unspecified atom stereocenters. The van der Waals surface area contributed by atoms with Crippen LogP contribution in [0.1, 0.15) is 27.8 Å². The Morgan fingerprint density at radius 1 is 1.14 bits per heavy atom. The number of methoxy groups -OCH3 is 1. The van der Waals surface area contributed by atoms with Gasteiger partial charge in [-0.15, -0.1) is 11.8 Å². The molecule has 0 saturated carbocycles. The highest BCUT2D eigenvalue weighted by Gasteiger charge is 2.57. The van der Waals surface area contributed by atoms with Crippen LogP contribution in [0.15, 0.2) is 36.4 Å². The number of ether oxygens (including phenoxy) is 2. The number of rotatable bonds is 4. The molecule has 1 fully saturated rings. The molecular formula is C22H26O6S. The number of hydrogen-bond acceptors (Lipinski definition) is 7. The second-order valence-corrected chi connectivity index (χ2v) is 9.13. The van der Waals surface area contributed by atoms with Crippen molar-refractivity contribution in [2.45, 2.75) is 48.4 Å². The van der Waals surface area contributed by atoms with Crippen LogP contribution in [0.5, 0.6) is 5.75 Å². The van der Waals surface area contributed by atoms with E-state index in [2.05, 4.69) is 6.07 Å². The molecule has 0 aromatic heterocycles. The largest absolute Gasteiger partial charge is 0.497 e. The summed E-state index contributed by atoms with van der Waals surface area (Å²) in [7, 11) is 1.64. The minimum Gasteiger partial charge on any atom is -0.497 e. The molecule has 4 rings (SSSR count). The van der Waals surface area contributed by atoms with E-state index in [1.165, 1.54) is 11.8 Å². The van der Waals surface area contributed by atoms with Crippen molar-refractivity contribution in [2.75, 3.05) is 13.7 Å². The Kier molecular flexibility index (Phi) is 5.63. The first-order valence-corrected chi connectivity index (χ1v) is 10.5. The first kappa shape index (κ1) is 20.7. The van der Waals surface area contributed by atoms with Crippen molar-refractivity contribution in [3.8, 4) is 5.75 Å². The standard InChI is InChI=1S/C22H26O6S/c1-12-7-15-11-28-22(21(26)20(25)19(24)18(10-23)29-22)17(15)9-14(12)8-13-3-5-16(27-2)6-4-13/h3-7,9,18-21,23-26H,8,10-11H2,1-2H3/t18-,19-,20+,21-,22+/m1/s1. The van der Waals surface area contributed by atoms with Crippen molar-refractivity contribution in [3.05, 3.63) is 64.2 Å². The average Bonchev–Trinajstić information content (AvgIpc) is 3.08. The lowest BCUT2D eigenvalue weighted by Crippen LogP contribution is -2.58. The molecule has 6 nitrogen and oxygen atoms in total. The van der Waals surface area contributed by atoms with E-state index in [4.69, 9.17) is 9.47 Å². The lowest BCUT2D eigenvalue weighted by Gasteiger charge is -2.45. The highest BCUT2D eigenvalue weighted by Crippen LogP contribution is 2.54. The molecular weight excluding hydrogens is 392 g/mol. The minimum absolute atomic E-state index is 0.310. The van der Waals surface area contributed by atoms with Crippen LogP contribution >= 0.6 is 11.8 Å². The predicted molar refractivity (Wildman–Crippen MR) is 110 cm³/mol. The Morgan fingerprint density at radius 2 is 1.86 bits per heavy atom. The van der Waals surface area contributed by atoms with Gasteiger partial charge in [0.15, 0.2) is 4.93 Å². The number of benzene rings is 2. The van der Waals surface area contributed by atoms with E-state index >= 15 is 0 Å². The predicted octanol–water partition coefficient (Wildman–Crippen LogP) is 1.47. The molecule has 2 heterocycles. The van der Waals surface area contributed by atoms with Crippen molar-refractivity contribution < 1.29 is 29.9 Å². The van der Waals surface area contributed by atoms with Gasteiger partial charge < -0.3 is 29.9 Å². The SMILES string of the molecule is COc1ccc(Cc2cc3c(cc2C)CO[C@]32S[C@H](CO)[C@@H](O)[C@H](O)[C@H]2O)cc1. The molecule has 1 saturated heterocycles. The van der Waals surface area contributed by atoms with Gasteiger partial charge in [-0.2, -0.15) is 0 Å². The highest BCUT2D eigenvalue weighted by molar-refractivity contribution is 8.00. The Bertz CT molecular complexity index is 884. The summed E-state index contributed by atoms with van der Waals surface area (Å²) in [5.74, 6) is 0.802. The van der Waals surface area contributed by atoms with Crippen LogP contribution in [0, 0.1) is 6.92 Å². The second kappa shape index (κ2) is 7.91. The molecule has 2 aliphatic heterocycles. The van der Waals surface area contributed by atoms with E-state index in [0.717, 1.165) is 33.6 Å². The zero-order valence-electron chi connectivity index (χ0n) is 16.4. The molecule has 1 spiro atoms. The molecule has 7 heteroatoms. The Morgan fingerprint density at radius 3 is 2.52 bits per heavy atom. The zero-order valence-corrected chi connectivity index (χ0v) is 17.2. The third-order valence-electron chi connectivity index (χ3n) is 5.88. The van der Waals surface area contributed by atoms with Crippen LogP contribution in [0.3, 0.4) is 0 Å². The number of aliphatic hydroxyl groups excluding tert-OH is 4. The van der Waals surface area contributed by atoms with E-state index in [1.807, 2.05) is 37.3 Å². The summed E-state index contributed by atoms with van der Waals surface area (Å²) in [4.78, 5) is -1.20. The van der Waals surface area contributed by atoms with Crippen LogP contribution < -0.4 is 4.74 Å². The maximum absolute atomic E-state index is 10.8. The third-order valence-corrected chi connectivity index (χ3v) is 7.54. The van der Waals surface area contributed by atoms with Gasteiger partial charge >= 0.3 is 0 Å². The van der Waals surface area contributed by atoms with Gasteiger partial charge in [0.1, 0.15) is 18.0 Å². The molecule has 0 bridgehead atoms. The summed E-state index contributed by atoms with van der Waals surface area (Å²) in [5, 5.41) is 40.4. The van der Waals surface area contributed by atoms with Gasteiger partial charge in [0.05, 0.1) is 31.7 Å². The summed E-state index contributed by atoms with van der Waals surface area (Å²) in [6.45, 7) is 2.04. The number of fused-ring (bicyclic) bond motifs is 2. The number of thioether (sulfide) groups is 1. The Labute approximate surface area is 174 Å². The molecule has 5 atom stereocenters. The summed E-state index contributed by atoms with van der Waals surface area (Å²) in [6.07, 6.45) is -3.22. The van der Waals surface area contributed by atoms with E-state index in [1.54, 1.807) is 7.11 Å². The normalized spacial score (nSPS) is 31.1. The number of aryl methyl sites for hydroxylation is 1. The molecule has 0 radical (unpaired) electrons. The monoisotopic (exact) mass is 418 g/mol. The van der Waals surface area contributed by atoms with Gasteiger partial charge in [0.2, 0.25) is 0 Å². The first-order valence-electron chi connectivity index (χ1n) is 9.62. The van der Waals surface area contributed by atoms with E-state index in [0.29, 0.717) is 13.0 Å². The Balaban J connectivity index is 1.71. The lowest BCUT2D eigenvalue weighted by atomic mass is 9.89. The maximum atomic E-state index is 10.8. The van der Waals surface area contributed by atoms with Crippen molar-refractivity contribution >= 4 is 11.8 Å². The average molecular weight is 419 g/mol. The molecule has 156 valence electrons. The van der Waals surface area contributed by atoms with Crippen molar-refractivity contribution in [2.24, 2.45) is 0 Å². The van der Waals surface area contributed by atoms with Gasteiger partial charge in [-0.05, 0) is 47.7 Å². The van der Waals surface area contributed by atoms with Crippen LogP contribution in [0.2, 0.25) is 0 Å².